The second kappa shape index (κ2) is 6.39. The number of rotatable bonds is 4. The molecule has 4 heteroatoms. The van der Waals surface area contributed by atoms with Gasteiger partial charge in [0, 0.05) is 30.6 Å². The topological polar surface area (TPSA) is 41.0 Å². The average molecular weight is 284 g/mol. The first-order valence-electron chi connectivity index (χ1n) is 7.95. The van der Waals surface area contributed by atoms with E-state index in [-0.39, 0.29) is 0 Å². The van der Waals surface area contributed by atoms with E-state index in [1.54, 1.807) is 6.33 Å². The zero-order chi connectivity index (χ0) is 14.7. The third kappa shape index (κ3) is 3.16. The summed E-state index contributed by atoms with van der Waals surface area (Å²) in [7, 11) is 0. The highest BCUT2D eigenvalue weighted by atomic mass is 15.2. The third-order valence-electron chi connectivity index (χ3n) is 4.18. The van der Waals surface area contributed by atoms with Gasteiger partial charge in [-0.2, -0.15) is 0 Å². The van der Waals surface area contributed by atoms with E-state index in [9.17, 15) is 0 Å². The van der Waals surface area contributed by atoms with Gasteiger partial charge in [-0.25, -0.2) is 9.97 Å². The van der Waals surface area contributed by atoms with Gasteiger partial charge in [-0.15, -0.1) is 0 Å². The van der Waals surface area contributed by atoms with Gasteiger partial charge in [-0.1, -0.05) is 26.0 Å². The number of para-hydroxylation sites is 1. The quantitative estimate of drug-likeness (QED) is 0.937. The molecular formula is C17H24N4. The van der Waals surface area contributed by atoms with Crippen LogP contribution in [0, 0.1) is 0 Å². The van der Waals surface area contributed by atoms with Crippen LogP contribution in [0.3, 0.4) is 0 Å². The number of benzene rings is 1. The van der Waals surface area contributed by atoms with Gasteiger partial charge in [-0.3, -0.25) is 0 Å². The number of nitrogens with one attached hydrogen (secondary N) is 1. The van der Waals surface area contributed by atoms with Gasteiger partial charge in [0.1, 0.15) is 12.1 Å². The lowest BCUT2D eigenvalue weighted by Gasteiger charge is -2.37. The van der Waals surface area contributed by atoms with Crippen LogP contribution in [0.2, 0.25) is 0 Å². The fraction of sp³-hybridized carbons (Fsp3) is 0.529. The summed E-state index contributed by atoms with van der Waals surface area (Å²) in [4.78, 5) is 11.5. The highest BCUT2D eigenvalue weighted by molar-refractivity contribution is 5.89. The third-order valence-corrected chi connectivity index (χ3v) is 4.18. The Morgan fingerprint density at radius 2 is 2.10 bits per heavy atom. The number of nitrogens with zero attached hydrogens (tertiary/aromatic N) is 3. The lowest BCUT2D eigenvalue weighted by Crippen LogP contribution is -2.47. The molecule has 3 rings (SSSR count). The first-order valence-corrected chi connectivity index (χ1v) is 7.95. The fourth-order valence-corrected chi connectivity index (χ4v) is 3.08. The number of aromatic nitrogens is 2. The Balaban J connectivity index is 1.91. The van der Waals surface area contributed by atoms with Crippen molar-refractivity contribution in [3.05, 3.63) is 30.6 Å². The molecule has 0 bridgehead atoms. The molecule has 21 heavy (non-hydrogen) atoms. The Kier molecular flexibility index (Phi) is 4.34. The molecule has 2 aromatic rings. The number of piperidine rings is 1. The molecule has 1 aromatic carbocycles. The molecule has 112 valence electrons. The van der Waals surface area contributed by atoms with Crippen molar-refractivity contribution in [2.24, 2.45) is 0 Å². The van der Waals surface area contributed by atoms with Crippen molar-refractivity contribution in [3.63, 3.8) is 0 Å². The predicted octanol–water partition coefficient (Wildman–Crippen LogP) is 2.99. The van der Waals surface area contributed by atoms with Crippen LogP contribution in [0.15, 0.2) is 30.6 Å². The van der Waals surface area contributed by atoms with Gasteiger partial charge in [-0.05, 0) is 31.4 Å². The summed E-state index contributed by atoms with van der Waals surface area (Å²) in [6.07, 6.45) is 5.48. The maximum absolute atomic E-state index is 4.59. The van der Waals surface area contributed by atoms with E-state index in [0.717, 1.165) is 29.8 Å². The molecule has 1 fully saturated rings. The molecule has 0 aliphatic carbocycles. The van der Waals surface area contributed by atoms with E-state index in [4.69, 9.17) is 0 Å². The Morgan fingerprint density at radius 1 is 1.24 bits per heavy atom. The normalized spacial score (nSPS) is 19.4. The van der Waals surface area contributed by atoms with Crippen LogP contribution in [0.4, 0.5) is 5.82 Å². The standard InChI is InChI=1S/C17H24N4/c1-13(2)18-11-14-7-5-6-10-21(14)17-15-8-3-4-9-16(15)19-12-20-17/h3-4,8-9,12-14,18H,5-7,10-11H2,1-2H3. The highest BCUT2D eigenvalue weighted by Crippen LogP contribution is 2.28. The molecule has 1 aliphatic rings. The number of fused-ring (bicyclic) bond motifs is 1. The summed E-state index contributed by atoms with van der Waals surface area (Å²) in [6.45, 7) is 6.52. The van der Waals surface area contributed by atoms with Crippen LogP contribution in [0.1, 0.15) is 33.1 Å². The van der Waals surface area contributed by atoms with Crippen molar-refractivity contribution in [3.8, 4) is 0 Å². The smallest absolute Gasteiger partial charge is 0.140 e. The molecule has 1 unspecified atom stereocenters. The zero-order valence-electron chi connectivity index (χ0n) is 12.9. The molecule has 1 N–H and O–H groups in total. The number of hydrogen-bond acceptors (Lipinski definition) is 4. The molecule has 0 radical (unpaired) electrons. The molecule has 1 atom stereocenters. The summed E-state index contributed by atoms with van der Waals surface area (Å²) < 4.78 is 0. The summed E-state index contributed by atoms with van der Waals surface area (Å²) in [5.74, 6) is 1.09. The molecule has 0 spiro atoms. The Hall–Kier alpha value is -1.68. The Bertz CT molecular complexity index is 591. The van der Waals surface area contributed by atoms with Crippen LogP contribution < -0.4 is 10.2 Å². The van der Waals surface area contributed by atoms with Crippen LogP contribution in [0.25, 0.3) is 10.9 Å². The minimum absolute atomic E-state index is 0.524. The first kappa shape index (κ1) is 14.3. The number of hydrogen-bond donors (Lipinski definition) is 1. The van der Waals surface area contributed by atoms with Gasteiger partial charge >= 0.3 is 0 Å². The minimum Gasteiger partial charge on any atom is -0.352 e. The molecule has 2 heterocycles. The van der Waals surface area contributed by atoms with Crippen molar-refractivity contribution >= 4 is 16.7 Å². The van der Waals surface area contributed by atoms with Crippen molar-refractivity contribution in [1.82, 2.24) is 15.3 Å². The van der Waals surface area contributed by atoms with Gasteiger partial charge in [0.2, 0.25) is 0 Å². The zero-order valence-corrected chi connectivity index (χ0v) is 12.9. The summed E-state index contributed by atoms with van der Waals surface area (Å²) in [6, 6.07) is 9.35. The van der Waals surface area contributed by atoms with E-state index >= 15 is 0 Å². The monoisotopic (exact) mass is 284 g/mol. The largest absolute Gasteiger partial charge is 0.352 e. The maximum atomic E-state index is 4.59. The molecular weight excluding hydrogens is 260 g/mol. The summed E-state index contributed by atoms with van der Waals surface area (Å²) >= 11 is 0. The second-order valence-electron chi connectivity index (χ2n) is 6.12. The second-order valence-corrected chi connectivity index (χ2v) is 6.12. The minimum atomic E-state index is 0.524. The first-order chi connectivity index (χ1) is 10.3. The Morgan fingerprint density at radius 3 is 2.95 bits per heavy atom. The Labute approximate surface area is 126 Å². The lowest BCUT2D eigenvalue weighted by molar-refractivity contribution is 0.419. The van der Waals surface area contributed by atoms with E-state index in [0.29, 0.717) is 12.1 Å². The molecule has 0 saturated carbocycles. The van der Waals surface area contributed by atoms with E-state index in [1.807, 2.05) is 6.07 Å². The van der Waals surface area contributed by atoms with Crippen molar-refractivity contribution in [2.75, 3.05) is 18.0 Å². The van der Waals surface area contributed by atoms with Crippen LogP contribution in [-0.2, 0) is 0 Å². The van der Waals surface area contributed by atoms with Crippen molar-refractivity contribution in [1.29, 1.82) is 0 Å². The van der Waals surface area contributed by atoms with Crippen molar-refractivity contribution in [2.45, 2.75) is 45.2 Å². The van der Waals surface area contributed by atoms with E-state index in [1.165, 1.54) is 19.3 Å². The van der Waals surface area contributed by atoms with Crippen LogP contribution in [0.5, 0.6) is 0 Å². The van der Waals surface area contributed by atoms with Crippen molar-refractivity contribution < 1.29 is 0 Å². The lowest BCUT2D eigenvalue weighted by atomic mass is 10.0. The van der Waals surface area contributed by atoms with Crippen LogP contribution >= 0.6 is 0 Å². The molecule has 1 aliphatic heterocycles. The number of anilines is 1. The maximum Gasteiger partial charge on any atom is 0.140 e. The van der Waals surface area contributed by atoms with Gasteiger partial charge in [0.25, 0.3) is 0 Å². The van der Waals surface area contributed by atoms with E-state index in [2.05, 4.69) is 52.2 Å². The molecule has 0 amide bonds. The van der Waals surface area contributed by atoms with Gasteiger partial charge in [0.05, 0.1) is 5.52 Å². The summed E-state index contributed by atoms with van der Waals surface area (Å²) in [5, 5.41) is 4.74. The molecule has 1 saturated heterocycles. The highest BCUT2D eigenvalue weighted by Gasteiger charge is 2.24. The molecule has 4 nitrogen and oxygen atoms in total. The van der Waals surface area contributed by atoms with E-state index < -0.39 is 0 Å². The SMILES string of the molecule is CC(C)NCC1CCCCN1c1ncnc2ccccc12. The summed E-state index contributed by atoms with van der Waals surface area (Å²) in [5.41, 5.74) is 1.03. The van der Waals surface area contributed by atoms with Gasteiger partial charge in [0.15, 0.2) is 0 Å². The van der Waals surface area contributed by atoms with Crippen LogP contribution in [-0.4, -0.2) is 35.1 Å². The fourth-order valence-electron chi connectivity index (χ4n) is 3.08. The molecule has 1 aromatic heterocycles. The average Bonchev–Trinajstić information content (AvgIpc) is 2.53. The predicted molar refractivity (Wildman–Crippen MR) is 87.7 cm³/mol. The van der Waals surface area contributed by atoms with Gasteiger partial charge < -0.3 is 10.2 Å².